The summed E-state index contributed by atoms with van der Waals surface area (Å²) in [6.45, 7) is 6.87. The Morgan fingerprint density at radius 2 is 2.04 bits per heavy atom. The number of hydrogen-bond donors (Lipinski definition) is 1. The van der Waals surface area contributed by atoms with E-state index < -0.39 is 0 Å². The van der Waals surface area contributed by atoms with E-state index >= 15 is 0 Å². The molecule has 5 heteroatoms. The highest BCUT2D eigenvalue weighted by atomic mass is 79.9. The number of carbonyl (C=O) groups is 1. The van der Waals surface area contributed by atoms with Crippen LogP contribution in [0.1, 0.15) is 36.4 Å². The third-order valence-corrected chi connectivity index (χ3v) is 7.17. The Kier molecular flexibility index (Phi) is 3.78. The second kappa shape index (κ2) is 5.57. The number of benzene rings is 1. The summed E-state index contributed by atoms with van der Waals surface area (Å²) in [5, 5.41) is 4.49. The third kappa shape index (κ3) is 2.63. The zero-order chi connectivity index (χ0) is 16.2. The number of nitrogens with zero attached hydrogens (tertiary/aromatic N) is 1. The fourth-order valence-electron chi connectivity index (χ4n) is 4.21. The van der Waals surface area contributed by atoms with Crippen LogP contribution < -0.4 is 5.32 Å². The molecule has 5 rings (SSSR count). The topological polar surface area (TPSA) is 32.3 Å². The predicted molar refractivity (Wildman–Crippen MR) is 99.2 cm³/mol. The zero-order valence-electron chi connectivity index (χ0n) is 13.4. The van der Waals surface area contributed by atoms with Crippen molar-refractivity contribution in [3.63, 3.8) is 0 Å². The summed E-state index contributed by atoms with van der Waals surface area (Å²) in [6, 6.07) is 8.41. The van der Waals surface area contributed by atoms with Crippen LogP contribution in [0.3, 0.4) is 0 Å². The van der Waals surface area contributed by atoms with Crippen LogP contribution >= 0.6 is 27.3 Å². The molecule has 1 atom stereocenters. The molecule has 2 aromatic rings. The number of halogens is 1. The number of rotatable bonds is 2. The maximum Gasteiger partial charge on any atom is 0.261 e. The molecule has 3 aliphatic rings. The first-order valence-electron chi connectivity index (χ1n) is 8.20. The predicted octanol–water partition coefficient (Wildman–Crippen LogP) is 4.27. The van der Waals surface area contributed by atoms with E-state index in [-0.39, 0.29) is 17.5 Å². The summed E-state index contributed by atoms with van der Waals surface area (Å²) < 4.78 is 2.20. The molecule has 1 aromatic heterocycles. The largest absolute Gasteiger partial charge is 0.346 e. The molecule has 122 valence electrons. The standard InChI is InChI=1S/C18H21BrN2OS/c1-18(2)16(11-5-7-21(18)8-6-11)20-17(22)15-9-12-3-4-13(19)10-14(12)23-15/h3-4,9-11,16H,5-8H2,1-2H3,(H,20,22). The van der Waals surface area contributed by atoms with Crippen molar-refractivity contribution >= 4 is 43.3 Å². The molecular weight excluding hydrogens is 372 g/mol. The molecule has 23 heavy (non-hydrogen) atoms. The number of amides is 1. The SMILES string of the molecule is CC1(C)C(NC(=O)c2cc3ccc(Br)cc3s2)C2CCN1CC2. The van der Waals surface area contributed by atoms with Gasteiger partial charge in [0.1, 0.15) is 0 Å². The molecule has 0 aliphatic carbocycles. The second-order valence-electron chi connectivity index (χ2n) is 7.22. The van der Waals surface area contributed by atoms with Gasteiger partial charge in [-0.3, -0.25) is 9.69 Å². The highest BCUT2D eigenvalue weighted by Gasteiger charge is 2.48. The van der Waals surface area contributed by atoms with Gasteiger partial charge in [0.15, 0.2) is 0 Å². The lowest BCUT2D eigenvalue weighted by Gasteiger charge is -2.56. The lowest BCUT2D eigenvalue weighted by atomic mass is 9.72. The van der Waals surface area contributed by atoms with Crippen molar-refractivity contribution in [1.82, 2.24) is 10.2 Å². The Balaban J connectivity index is 1.59. The van der Waals surface area contributed by atoms with E-state index in [0.29, 0.717) is 5.92 Å². The van der Waals surface area contributed by atoms with Gasteiger partial charge >= 0.3 is 0 Å². The minimum Gasteiger partial charge on any atom is -0.346 e. The van der Waals surface area contributed by atoms with Crippen LogP contribution in [0.25, 0.3) is 10.1 Å². The van der Waals surface area contributed by atoms with Gasteiger partial charge in [-0.2, -0.15) is 0 Å². The minimum atomic E-state index is 0.0521. The van der Waals surface area contributed by atoms with Gasteiger partial charge in [-0.25, -0.2) is 0 Å². The third-order valence-electron chi connectivity index (χ3n) is 5.58. The van der Waals surface area contributed by atoms with Gasteiger partial charge in [0.05, 0.1) is 4.88 Å². The summed E-state index contributed by atoms with van der Waals surface area (Å²) in [7, 11) is 0. The van der Waals surface area contributed by atoms with Gasteiger partial charge in [-0.15, -0.1) is 11.3 Å². The van der Waals surface area contributed by atoms with Crippen LogP contribution in [0.2, 0.25) is 0 Å². The highest BCUT2D eigenvalue weighted by Crippen LogP contribution is 2.39. The van der Waals surface area contributed by atoms with E-state index in [4.69, 9.17) is 0 Å². The molecule has 1 unspecified atom stereocenters. The number of thiophene rings is 1. The molecule has 0 radical (unpaired) electrons. The fraction of sp³-hybridized carbons (Fsp3) is 0.500. The van der Waals surface area contributed by atoms with Crippen molar-refractivity contribution < 1.29 is 4.79 Å². The van der Waals surface area contributed by atoms with Crippen LogP contribution in [-0.4, -0.2) is 35.5 Å². The molecule has 3 saturated heterocycles. The van der Waals surface area contributed by atoms with E-state index in [1.807, 2.05) is 12.1 Å². The first kappa shape index (κ1) is 15.6. The van der Waals surface area contributed by atoms with Gasteiger partial charge in [0, 0.05) is 20.8 Å². The van der Waals surface area contributed by atoms with E-state index in [0.717, 1.165) is 19.4 Å². The Labute approximate surface area is 149 Å². The smallest absolute Gasteiger partial charge is 0.261 e. The molecule has 4 heterocycles. The van der Waals surface area contributed by atoms with Crippen LogP contribution in [0.15, 0.2) is 28.7 Å². The summed E-state index contributed by atoms with van der Waals surface area (Å²) >= 11 is 5.07. The van der Waals surface area contributed by atoms with Crippen molar-refractivity contribution in [3.8, 4) is 0 Å². The number of fused-ring (bicyclic) bond motifs is 4. The number of nitrogens with one attached hydrogen (secondary N) is 1. The zero-order valence-corrected chi connectivity index (χ0v) is 15.8. The molecule has 3 aliphatic heterocycles. The van der Waals surface area contributed by atoms with Crippen LogP contribution in [0.5, 0.6) is 0 Å². The molecule has 3 fully saturated rings. The first-order valence-corrected chi connectivity index (χ1v) is 9.81. The lowest BCUT2D eigenvalue weighted by Crippen LogP contribution is -2.69. The maximum absolute atomic E-state index is 12.8. The first-order chi connectivity index (χ1) is 10.9. The van der Waals surface area contributed by atoms with Crippen LogP contribution in [0.4, 0.5) is 0 Å². The molecule has 2 bridgehead atoms. The van der Waals surface area contributed by atoms with Crippen molar-refractivity contribution in [2.75, 3.05) is 13.1 Å². The van der Waals surface area contributed by atoms with E-state index in [1.165, 1.54) is 25.9 Å². The van der Waals surface area contributed by atoms with Crippen molar-refractivity contribution in [3.05, 3.63) is 33.6 Å². The van der Waals surface area contributed by atoms with E-state index in [9.17, 15) is 4.79 Å². The second-order valence-corrected chi connectivity index (χ2v) is 9.22. The van der Waals surface area contributed by atoms with Crippen LogP contribution in [0, 0.1) is 5.92 Å². The molecule has 0 saturated carbocycles. The quantitative estimate of drug-likeness (QED) is 0.827. The van der Waals surface area contributed by atoms with Gasteiger partial charge in [0.2, 0.25) is 0 Å². The number of piperidine rings is 3. The molecule has 1 N–H and O–H groups in total. The average molecular weight is 393 g/mol. The Hall–Kier alpha value is -0.910. The maximum atomic E-state index is 12.8. The minimum absolute atomic E-state index is 0.0521. The fourth-order valence-corrected chi connectivity index (χ4v) is 5.72. The summed E-state index contributed by atoms with van der Waals surface area (Å²) in [4.78, 5) is 16.1. The van der Waals surface area contributed by atoms with E-state index in [1.54, 1.807) is 11.3 Å². The summed E-state index contributed by atoms with van der Waals surface area (Å²) in [5.41, 5.74) is 0.0521. The average Bonchev–Trinajstić information content (AvgIpc) is 2.94. The van der Waals surface area contributed by atoms with Gasteiger partial charge in [0.25, 0.3) is 5.91 Å². The van der Waals surface area contributed by atoms with Crippen LogP contribution in [-0.2, 0) is 0 Å². The number of carbonyl (C=O) groups excluding carboxylic acids is 1. The molecule has 1 aromatic carbocycles. The summed E-state index contributed by atoms with van der Waals surface area (Å²) in [5.74, 6) is 0.691. The van der Waals surface area contributed by atoms with Gasteiger partial charge < -0.3 is 5.32 Å². The Morgan fingerprint density at radius 3 is 2.74 bits per heavy atom. The highest BCUT2D eigenvalue weighted by molar-refractivity contribution is 9.10. The van der Waals surface area contributed by atoms with Crippen molar-refractivity contribution in [1.29, 1.82) is 0 Å². The molecule has 3 nitrogen and oxygen atoms in total. The van der Waals surface area contributed by atoms with Crippen molar-refractivity contribution in [2.24, 2.45) is 5.92 Å². The monoisotopic (exact) mass is 392 g/mol. The summed E-state index contributed by atoms with van der Waals surface area (Å²) in [6.07, 6.45) is 2.40. The molecule has 1 amide bonds. The normalized spacial score (nSPS) is 28.9. The Morgan fingerprint density at radius 1 is 1.30 bits per heavy atom. The molecular formula is C18H21BrN2OS. The lowest BCUT2D eigenvalue weighted by molar-refractivity contribution is -0.0377. The van der Waals surface area contributed by atoms with E-state index in [2.05, 4.69) is 52.1 Å². The number of hydrogen-bond acceptors (Lipinski definition) is 3. The van der Waals surface area contributed by atoms with Gasteiger partial charge in [-0.05, 0) is 69.3 Å². The van der Waals surface area contributed by atoms with Gasteiger partial charge in [-0.1, -0.05) is 22.0 Å². The Bertz CT molecular complexity index is 761. The molecule has 0 spiro atoms. The van der Waals surface area contributed by atoms with Crippen molar-refractivity contribution in [2.45, 2.75) is 38.3 Å².